The van der Waals surface area contributed by atoms with Crippen LogP contribution in [-0.2, 0) is 4.79 Å². The van der Waals surface area contributed by atoms with Gasteiger partial charge in [-0.1, -0.05) is 26.7 Å². The molecule has 4 heteroatoms. The van der Waals surface area contributed by atoms with E-state index in [1.165, 1.54) is 19.3 Å². The van der Waals surface area contributed by atoms with E-state index >= 15 is 0 Å². The lowest BCUT2D eigenvalue weighted by molar-refractivity contribution is -0.129. The molecule has 1 aliphatic carbocycles. The van der Waals surface area contributed by atoms with Gasteiger partial charge in [0.2, 0.25) is 5.91 Å². The Morgan fingerprint density at radius 1 is 1.42 bits per heavy atom. The summed E-state index contributed by atoms with van der Waals surface area (Å²) in [6, 6.07) is 2.62. The van der Waals surface area contributed by atoms with Crippen LogP contribution in [0.15, 0.2) is 0 Å². The van der Waals surface area contributed by atoms with Gasteiger partial charge in [0.25, 0.3) is 0 Å². The Morgan fingerprint density at radius 3 is 2.84 bits per heavy atom. The molecule has 1 fully saturated rings. The predicted octanol–water partition coefficient (Wildman–Crippen LogP) is 2.16. The first-order valence-electron chi connectivity index (χ1n) is 7.40. The molecule has 1 saturated carbocycles. The van der Waals surface area contributed by atoms with Gasteiger partial charge in [-0.2, -0.15) is 5.26 Å². The number of hydrogen-bond donors (Lipinski definition) is 1. The van der Waals surface area contributed by atoms with Gasteiger partial charge in [-0.3, -0.25) is 4.79 Å². The summed E-state index contributed by atoms with van der Waals surface area (Å²) in [5.41, 5.74) is 0. The number of hydrogen-bond acceptors (Lipinski definition) is 3. The zero-order valence-corrected chi connectivity index (χ0v) is 12.5. The topological polar surface area (TPSA) is 56.1 Å². The molecule has 0 heterocycles. The van der Waals surface area contributed by atoms with Crippen LogP contribution in [0.25, 0.3) is 0 Å². The van der Waals surface area contributed by atoms with Crippen LogP contribution in [0, 0.1) is 23.2 Å². The highest BCUT2D eigenvalue weighted by atomic mass is 16.2. The molecule has 19 heavy (non-hydrogen) atoms. The Balaban J connectivity index is 2.22. The Bertz CT molecular complexity index is 324. The molecule has 0 aromatic rings. The van der Waals surface area contributed by atoms with Gasteiger partial charge in [-0.05, 0) is 18.3 Å². The molecule has 4 nitrogen and oxygen atoms in total. The summed E-state index contributed by atoms with van der Waals surface area (Å²) in [6.07, 6.45) is 4.78. The number of carbonyl (C=O) groups excluding carboxylic acids is 1. The van der Waals surface area contributed by atoms with Gasteiger partial charge in [-0.15, -0.1) is 0 Å². The fourth-order valence-corrected chi connectivity index (χ4v) is 2.77. The summed E-state index contributed by atoms with van der Waals surface area (Å²) in [6.45, 7) is 5.91. The number of carbonyl (C=O) groups is 1. The maximum absolute atomic E-state index is 11.8. The monoisotopic (exact) mass is 265 g/mol. The van der Waals surface area contributed by atoms with Gasteiger partial charge in [0.05, 0.1) is 12.5 Å². The second-order valence-corrected chi connectivity index (χ2v) is 5.80. The molecule has 1 amide bonds. The molecule has 0 aromatic carbocycles. The third-order valence-electron chi connectivity index (χ3n) is 4.44. The summed E-state index contributed by atoms with van der Waals surface area (Å²) >= 11 is 0. The van der Waals surface area contributed by atoms with Crippen molar-refractivity contribution in [1.29, 1.82) is 5.26 Å². The SMILES string of the molecule is C[C@H]1[C@H](C)CCC[C@@H]1NCCC(=O)N(C)CCC#N. The fourth-order valence-electron chi connectivity index (χ4n) is 2.77. The number of nitriles is 1. The Morgan fingerprint density at radius 2 is 2.16 bits per heavy atom. The lowest BCUT2D eigenvalue weighted by Crippen LogP contribution is -2.42. The van der Waals surface area contributed by atoms with Crippen molar-refractivity contribution in [3.8, 4) is 6.07 Å². The molecule has 0 aromatic heterocycles. The molecule has 0 aliphatic heterocycles. The largest absolute Gasteiger partial charge is 0.345 e. The summed E-state index contributed by atoms with van der Waals surface area (Å²) in [5.74, 6) is 1.60. The van der Waals surface area contributed by atoms with Gasteiger partial charge in [0.1, 0.15) is 0 Å². The minimum Gasteiger partial charge on any atom is -0.345 e. The van der Waals surface area contributed by atoms with Gasteiger partial charge in [-0.25, -0.2) is 0 Å². The normalized spacial score (nSPS) is 26.7. The van der Waals surface area contributed by atoms with Crippen molar-refractivity contribution in [1.82, 2.24) is 10.2 Å². The average Bonchev–Trinajstić information content (AvgIpc) is 2.40. The van der Waals surface area contributed by atoms with Crippen molar-refractivity contribution in [2.24, 2.45) is 11.8 Å². The molecule has 1 N–H and O–H groups in total. The van der Waals surface area contributed by atoms with Crippen molar-refractivity contribution < 1.29 is 4.79 Å². The molecule has 0 radical (unpaired) electrons. The van der Waals surface area contributed by atoms with E-state index in [9.17, 15) is 4.79 Å². The minimum absolute atomic E-state index is 0.124. The molecular formula is C15H27N3O. The summed E-state index contributed by atoms with van der Waals surface area (Å²) < 4.78 is 0. The zero-order chi connectivity index (χ0) is 14.3. The quantitative estimate of drug-likeness (QED) is 0.800. The third kappa shape index (κ3) is 5.20. The zero-order valence-electron chi connectivity index (χ0n) is 12.5. The van der Waals surface area contributed by atoms with E-state index < -0.39 is 0 Å². The van der Waals surface area contributed by atoms with E-state index in [-0.39, 0.29) is 5.91 Å². The fraction of sp³-hybridized carbons (Fsp3) is 0.867. The molecule has 0 unspecified atom stereocenters. The lowest BCUT2D eigenvalue weighted by Gasteiger charge is -2.34. The van der Waals surface area contributed by atoms with Crippen molar-refractivity contribution in [2.45, 2.75) is 52.0 Å². The molecule has 3 atom stereocenters. The second-order valence-electron chi connectivity index (χ2n) is 5.80. The van der Waals surface area contributed by atoms with E-state index in [2.05, 4.69) is 25.2 Å². The third-order valence-corrected chi connectivity index (χ3v) is 4.44. The summed E-state index contributed by atoms with van der Waals surface area (Å²) in [5, 5.41) is 12.0. The first-order chi connectivity index (χ1) is 9.06. The van der Waals surface area contributed by atoms with Crippen LogP contribution in [0.2, 0.25) is 0 Å². The standard InChI is InChI=1S/C15H27N3O/c1-12-6-4-7-14(13(12)2)17-10-8-15(19)18(3)11-5-9-16/h12-14,17H,4-8,10-11H2,1-3H3/t12-,13+,14+/m1/s1. The number of rotatable bonds is 6. The first-order valence-corrected chi connectivity index (χ1v) is 7.40. The van der Waals surface area contributed by atoms with E-state index in [1.807, 2.05) is 0 Å². The van der Waals surface area contributed by atoms with Crippen LogP contribution < -0.4 is 5.32 Å². The number of amides is 1. The van der Waals surface area contributed by atoms with Crippen LogP contribution >= 0.6 is 0 Å². The maximum Gasteiger partial charge on any atom is 0.223 e. The summed E-state index contributed by atoms with van der Waals surface area (Å²) in [7, 11) is 1.77. The molecular weight excluding hydrogens is 238 g/mol. The van der Waals surface area contributed by atoms with Gasteiger partial charge < -0.3 is 10.2 Å². The molecule has 0 spiro atoms. The molecule has 0 bridgehead atoms. The second kappa shape index (κ2) is 8.16. The van der Waals surface area contributed by atoms with Gasteiger partial charge in [0, 0.05) is 32.6 Å². The first kappa shape index (κ1) is 16.0. The van der Waals surface area contributed by atoms with E-state index in [1.54, 1.807) is 11.9 Å². The molecule has 1 aliphatic rings. The van der Waals surface area contributed by atoms with E-state index in [4.69, 9.17) is 5.26 Å². The smallest absolute Gasteiger partial charge is 0.223 e. The van der Waals surface area contributed by atoms with E-state index in [0.717, 1.165) is 12.5 Å². The van der Waals surface area contributed by atoms with Crippen molar-refractivity contribution >= 4 is 5.91 Å². The van der Waals surface area contributed by atoms with Crippen molar-refractivity contribution in [3.05, 3.63) is 0 Å². The van der Waals surface area contributed by atoms with Crippen molar-refractivity contribution in [3.63, 3.8) is 0 Å². The van der Waals surface area contributed by atoms with Crippen molar-refractivity contribution in [2.75, 3.05) is 20.1 Å². The number of nitrogens with zero attached hydrogens (tertiary/aromatic N) is 2. The van der Waals surface area contributed by atoms with Gasteiger partial charge >= 0.3 is 0 Å². The van der Waals surface area contributed by atoms with Crippen LogP contribution in [0.3, 0.4) is 0 Å². The predicted molar refractivity (Wildman–Crippen MR) is 76.5 cm³/mol. The molecule has 1 rings (SSSR count). The molecule has 0 saturated heterocycles. The molecule has 108 valence electrons. The van der Waals surface area contributed by atoms with Crippen LogP contribution in [-0.4, -0.2) is 37.0 Å². The highest BCUT2D eigenvalue weighted by Gasteiger charge is 2.26. The van der Waals surface area contributed by atoms with Gasteiger partial charge in [0.15, 0.2) is 0 Å². The van der Waals surface area contributed by atoms with Crippen LogP contribution in [0.4, 0.5) is 0 Å². The minimum atomic E-state index is 0.124. The lowest BCUT2D eigenvalue weighted by atomic mass is 9.78. The highest BCUT2D eigenvalue weighted by molar-refractivity contribution is 5.76. The van der Waals surface area contributed by atoms with Crippen LogP contribution in [0.5, 0.6) is 0 Å². The maximum atomic E-state index is 11.8. The Kier molecular flexibility index (Phi) is 6.86. The van der Waals surface area contributed by atoms with Crippen LogP contribution in [0.1, 0.15) is 46.0 Å². The average molecular weight is 265 g/mol. The highest BCUT2D eigenvalue weighted by Crippen LogP contribution is 2.29. The van der Waals surface area contributed by atoms with E-state index in [0.29, 0.717) is 31.3 Å². The Labute approximate surface area is 117 Å². The Hall–Kier alpha value is -1.08. The summed E-state index contributed by atoms with van der Waals surface area (Å²) in [4.78, 5) is 13.5. The number of nitrogens with one attached hydrogen (secondary N) is 1.